The van der Waals surface area contributed by atoms with E-state index in [4.69, 9.17) is 5.26 Å². The molecule has 1 fully saturated rings. The van der Waals surface area contributed by atoms with Gasteiger partial charge in [0.2, 0.25) is 0 Å². The van der Waals surface area contributed by atoms with Crippen LogP contribution in [0.15, 0.2) is 0 Å². The van der Waals surface area contributed by atoms with Crippen LogP contribution in [0.2, 0.25) is 0 Å². The van der Waals surface area contributed by atoms with Crippen molar-refractivity contribution >= 4 is 6.03 Å². The van der Waals surface area contributed by atoms with Crippen LogP contribution in [0.4, 0.5) is 4.79 Å². The van der Waals surface area contributed by atoms with Crippen molar-refractivity contribution in [2.24, 2.45) is 11.8 Å². The largest absolute Gasteiger partial charge is 0.325 e. The molecule has 1 heterocycles. The third-order valence-electron chi connectivity index (χ3n) is 3.42. The Kier molecular flexibility index (Phi) is 5.27. The Labute approximate surface area is 104 Å². The zero-order valence-corrected chi connectivity index (χ0v) is 11.1. The Hall–Kier alpha value is -1.24. The number of nitrogens with zero attached hydrogens (tertiary/aromatic N) is 3. The van der Waals surface area contributed by atoms with Gasteiger partial charge in [-0.1, -0.05) is 6.92 Å². The molecule has 0 aromatic rings. The monoisotopic (exact) mass is 237 g/mol. The minimum atomic E-state index is -0.0948. The topological polar surface area (TPSA) is 47.3 Å². The zero-order valence-electron chi connectivity index (χ0n) is 11.1. The summed E-state index contributed by atoms with van der Waals surface area (Å²) in [5, 5.41) is 8.80. The molecule has 4 heteroatoms. The van der Waals surface area contributed by atoms with Crippen molar-refractivity contribution in [1.82, 2.24) is 9.80 Å². The Morgan fingerprint density at radius 1 is 1.53 bits per heavy atom. The summed E-state index contributed by atoms with van der Waals surface area (Å²) >= 11 is 0. The van der Waals surface area contributed by atoms with Gasteiger partial charge >= 0.3 is 6.03 Å². The van der Waals surface area contributed by atoms with Crippen molar-refractivity contribution in [3.05, 3.63) is 0 Å². The van der Waals surface area contributed by atoms with E-state index in [9.17, 15) is 4.79 Å². The van der Waals surface area contributed by atoms with E-state index in [1.54, 1.807) is 4.90 Å². The molecule has 0 aromatic heterocycles. The second-order valence-corrected chi connectivity index (χ2v) is 5.02. The lowest BCUT2D eigenvalue weighted by Gasteiger charge is -2.34. The maximum atomic E-state index is 12.2. The third kappa shape index (κ3) is 3.92. The highest BCUT2D eigenvalue weighted by molar-refractivity contribution is 5.74. The number of carbonyl (C=O) groups excluding carboxylic acids is 1. The lowest BCUT2D eigenvalue weighted by atomic mass is 9.99. The molecule has 17 heavy (non-hydrogen) atoms. The van der Waals surface area contributed by atoms with Crippen LogP contribution in [-0.4, -0.2) is 42.0 Å². The van der Waals surface area contributed by atoms with Crippen LogP contribution in [0.3, 0.4) is 0 Å². The van der Waals surface area contributed by atoms with Crippen LogP contribution in [0.5, 0.6) is 0 Å². The molecular formula is C13H23N3O. The molecule has 1 atom stereocenters. The second kappa shape index (κ2) is 6.48. The zero-order chi connectivity index (χ0) is 12.8. The summed E-state index contributed by atoms with van der Waals surface area (Å²) in [4.78, 5) is 15.9. The van der Waals surface area contributed by atoms with E-state index < -0.39 is 0 Å². The number of piperidine rings is 1. The van der Waals surface area contributed by atoms with E-state index in [1.165, 1.54) is 0 Å². The highest BCUT2D eigenvalue weighted by Gasteiger charge is 2.24. The Morgan fingerprint density at radius 2 is 2.12 bits per heavy atom. The number of rotatable bonds is 3. The molecule has 4 nitrogen and oxygen atoms in total. The Bertz CT molecular complexity index is 290. The number of carbonyl (C=O) groups is 1. The number of likely N-dealkylation sites (tertiary alicyclic amines) is 1. The van der Waals surface area contributed by atoms with E-state index in [2.05, 4.69) is 13.0 Å². The molecule has 0 bridgehead atoms. The maximum Gasteiger partial charge on any atom is 0.320 e. The molecule has 1 aliphatic rings. The van der Waals surface area contributed by atoms with Gasteiger partial charge in [0.25, 0.3) is 0 Å². The molecule has 1 rings (SSSR count). The van der Waals surface area contributed by atoms with E-state index >= 15 is 0 Å². The lowest BCUT2D eigenvalue weighted by molar-refractivity contribution is 0.134. The number of hydrogen-bond donors (Lipinski definition) is 0. The number of hydrogen-bond acceptors (Lipinski definition) is 2. The highest BCUT2D eigenvalue weighted by atomic mass is 16.2. The molecule has 0 spiro atoms. The van der Waals surface area contributed by atoms with E-state index in [1.807, 2.05) is 18.7 Å². The first kappa shape index (κ1) is 13.8. The SMILES string of the molecule is CCN(CC(C)C#N)C(=O)N1CCC(C)CC1. The minimum absolute atomic E-state index is 0.0948. The van der Waals surface area contributed by atoms with Crippen molar-refractivity contribution < 1.29 is 4.79 Å². The molecule has 1 saturated heterocycles. The second-order valence-electron chi connectivity index (χ2n) is 5.02. The fourth-order valence-electron chi connectivity index (χ4n) is 2.11. The first-order valence-electron chi connectivity index (χ1n) is 6.52. The van der Waals surface area contributed by atoms with Gasteiger partial charge in [0.1, 0.15) is 0 Å². The van der Waals surface area contributed by atoms with Crippen LogP contribution in [0, 0.1) is 23.2 Å². The van der Waals surface area contributed by atoms with E-state index in [0.29, 0.717) is 13.1 Å². The smallest absolute Gasteiger partial charge is 0.320 e. The van der Waals surface area contributed by atoms with Gasteiger partial charge in [-0.25, -0.2) is 4.79 Å². The van der Waals surface area contributed by atoms with Crippen LogP contribution < -0.4 is 0 Å². The van der Waals surface area contributed by atoms with Gasteiger partial charge in [-0.3, -0.25) is 0 Å². The summed E-state index contributed by atoms with van der Waals surface area (Å²) in [6, 6.07) is 2.28. The molecule has 96 valence electrons. The standard InChI is InChI=1S/C13H23N3O/c1-4-15(10-12(3)9-14)13(17)16-7-5-11(2)6-8-16/h11-12H,4-8,10H2,1-3H3. The van der Waals surface area contributed by atoms with Crippen molar-refractivity contribution in [3.8, 4) is 6.07 Å². The lowest BCUT2D eigenvalue weighted by Crippen LogP contribution is -2.47. The van der Waals surface area contributed by atoms with Gasteiger partial charge in [0, 0.05) is 26.2 Å². The Balaban J connectivity index is 2.51. The van der Waals surface area contributed by atoms with Crippen molar-refractivity contribution in [2.75, 3.05) is 26.2 Å². The van der Waals surface area contributed by atoms with E-state index in [0.717, 1.165) is 31.8 Å². The number of urea groups is 1. The van der Waals surface area contributed by atoms with Gasteiger partial charge in [0.15, 0.2) is 0 Å². The summed E-state index contributed by atoms with van der Waals surface area (Å²) in [6.07, 6.45) is 2.19. The quantitative estimate of drug-likeness (QED) is 0.756. The minimum Gasteiger partial charge on any atom is -0.325 e. The summed E-state index contributed by atoms with van der Waals surface area (Å²) in [7, 11) is 0. The molecule has 0 N–H and O–H groups in total. The van der Waals surface area contributed by atoms with Crippen LogP contribution in [0.25, 0.3) is 0 Å². The van der Waals surface area contributed by atoms with Crippen LogP contribution in [0.1, 0.15) is 33.6 Å². The molecule has 0 radical (unpaired) electrons. The first-order chi connectivity index (χ1) is 8.08. The number of nitriles is 1. The fraction of sp³-hybridized carbons (Fsp3) is 0.846. The highest BCUT2D eigenvalue weighted by Crippen LogP contribution is 2.17. The average molecular weight is 237 g/mol. The third-order valence-corrected chi connectivity index (χ3v) is 3.42. The molecule has 0 aliphatic carbocycles. The summed E-state index contributed by atoms with van der Waals surface area (Å²) in [5.74, 6) is 0.634. The van der Waals surface area contributed by atoms with Crippen molar-refractivity contribution in [1.29, 1.82) is 5.26 Å². The molecule has 0 aromatic carbocycles. The van der Waals surface area contributed by atoms with Crippen molar-refractivity contribution in [3.63, 3.8) is 0 Å². The van der Waals surface area contributed by atoms with Gasteiger partial charge in [-0.15, -0.1) is 0 Å². The summed E-state index contributed by atoms with van der Waals surface area (Å²) < 4.78 is 0. The summed E-state index contributed by atoms with van der Waals surface area (Å²) in [6.45, 7) is 8.99. The number of amides is 2. The summed E-state index contributed by atoms with van der Waals surface area (Å²) in [5.41, 5.74) is 0. The average Bonchev–Trinajstić information content (AvgIpc) is 2.35. The molecule has 1 unspecified atom stereocenters. The first-order valence-corrected chi connectivity index (χ1v) is 6.52. The van der Waals surface area contributed by atoms with Crippen LogP contribution in [-0.2, 0) is 0 Å². The molecule has 0 saturated carbocycles. The van der Waals surface area contributed by atoms with Gasteiger partial charge in [-0.2, -0.15) is 5.26 Å². The molecule has 2 amide bonds. The Morgan fingerprint density at radius 3 is 2.59 bits per heavy atom. The molecule has 1 aliphatic heterocycles. The normalized spacial score (nSPS) is 18.6. The fourth-order valence-corrected chi connectivity index (χ4v) is 2.11. The predicted molar refractivity (Wildman–Crippen MR) is 67.4 cm³/mol. The van der Waals surface area contributed by atoms with E-state index in [-0.39, 0.29) is 11.9 Å². The van der Waals surface area contributed by atoms with Gasteiger partial charge in [-0.05, 0) is 32.6 Å². The van der Waals surface area contributed by atoms with Gasteiger partial charge in [0.05, 0.1) is 12.0 Å². The van der Waals surface area contributed by atoms with Crippen LogP contribution >= 0.6 is 0 Å². The van der Waals surface area contributed by atoms with Gasteiger partial charge < -0.3 is 9.80 Å². The maximum absolute atomic E-state index is 12.2. The predicted octanol–water partition coefficient (Wildman–Crippen LogP) is 2.32. The molecular weight excluding hydrogens is 214 g/mol. The van der Waals surface area contributed by atoms with Crippen molar-refractivity contribution in [2.45, 2.75) is 33.6 Å².